The molecule has 0 unspecified atom stereocenters. The van der Waals surface area contributed by atoms with E-state index < -0.39 is 15.8 Å². The number of carboxylic acid groups (broad SMARTS) is 1. The van der Waals surface area contributed by atoms with Gasteiger partial charge in [0.15, 0.2) is 9.84 Å². The molecule has 0 fully saturated rings. The number of para-hydroxylation sites is 1. The van der Waals surface area contributed by atoms with Crippen LogP contribution in [0.2, 0.25) is 5.02 Å². The van der Waals surface area contributed by atoms with Gasteiger partial charge in [-0.1, -0.05) is 29.8 Å². The molecular weight excluding hydrogens is 316 g/mol. The van der Waals surface area contributed by atoms with Crippen LogP contribution in [0.1, 0.15) is 10.4 Å². The third kappa shape index (κ3) is 3.53. The maximum Gasteiger partial charge on any atom is 0.337 e. The maximum atomic E-state index is 11.8. The molecular formula is C14H11ClO5S. The van der Waals surface area contributed by atoms with Gasteiger partial charge in [0.1, 0.15) is 16.4 Å². The van der Waals surface area contributed by atoms with Crippen LogP contribution in [-0.2, 0) is 9.84 Å². The predicted octanol–water partition coefficient (Wildman–Crippen LogP) is 3.23. The van der Waals surface area contributed by atoms with Crippen molar-refractivity contribution in [3.63, 3.8) is 0 Å². The molecule has 0 aliphatic heterocycles. The van der Waals surface area contributed by atoms with Crippen molar-refractivity contribution in [2.75, 3.05) is 6.26 Å². The first-order chi connectivity index (χ1) is 9.79. The summed E-state index contributed by atoms with van der Waals surface area (Å²) in [6.07, 6.45) is 0.972. The van der Waals surface area contributed by atoms with E-state index in [1.165, 1.54) is 6.07 Å². The minimum Gasteiger partial charge on any atom is -0.478 e. The molecule has 1 N–H and O–H groups in total. The molecule has 0 saturated heterocycles. The summed E-state index contributed by atoms with van der Waals surface area (Å²) < 4.78 is 29.1. The number of hydrogen-bond acceptors (Lipinski definition) is 4. The van der Waals surface area contributed by atoms with Crippen LogP contribution in [0.25, 0.3) is 0 Å². The molecule has 0 amide bonds. The van der Waals surface area contributed by atoms with Gasteiger partial charge in [-0.15, -0.1) is 0 Å². The zero-order valence-corrected chi connectivity index (χ0v) is 12.5. The zero-order valence-electron chi connectivity index (χ0n) is 10.9. The van der Waals surface area contributed by atoms with E-state index in [4.69, 9.17) is 21.4 Å². The highest BCUT2D eigenvalue weighted by molar-refractivity contribution is 7.90. The summed E-state index contributed by atoms with van der Waals surface area (Å²) >= 11 is 5.86. The summed E-state index contributed by atoms with van der Waals surface area (Å²) in [5, 5.41) is 8.92. The molecule has 0 aliphatic carbocycles. The summed E-state index contributed by atoms with van der Waals surface area (Å²) in [7, 11) is -3.67. The van der Waals surface area contributed by atoms with Gasteiger partial charge < -0.3 is 9.84 Å². The highest BCUT2D eigenvalue weighted by Gasteiger charge is 2.21. The van der Waals surface area contributed by atoms with Gasteiger partial charge in [0.25, 0.3) is 0 Å². The van der Waals surface area contributed by atoms with E-state index in [2.05, 4.69) is 0 Å². The molecule has 0 saturated carbocycles. The lowest BCUT2D eigenvalue weighted by Crippen LogP contribution is -2.05. The number of aromatic carboxylic acids is 1. The molecule has 0 aliphatic rings. The van der Waals surface area contributed by atoms with E-state index in [1.807, 2.05) is 0 Å². The number of ether oxygens (including phenoxy) is 1. The van der Waals surface area contributed by atoms with Crippen molar-refractivity contribution in [2.24, 2.45) is 0 Å². The molecule has 21 heavy (non-hydrogen) atoms. The number of carbonyl (C=O) groups is 1. The Labute approximate surface area is 126 Å². The van der Waals surface area contributed by atoms with Gasteiger partial charge in [0.2, 0.25) is 0 Å². The van der Waals surface area contributed by atoms with Crippen LogP contribution in [0, 0.1) is 0 Å². The van der Waals surface area contributed by atoms with E-state index in [0.29, 0.717) is 5.75 Å². The quantitative estimate of drug-likeness (QED) is 0.932. The fourth-order valence-electron chi connectivity index (χ4n) is 1.68. The summed E-state index contributed by atoms with van der Waals surface area (Å²) in [6.45, 7) is 0. The van der Waals surface area contributed by atoms with E-state index in [0.717, 1.165) is 12.3 Å². The number of benzene rings is 2. The second-order valence-electron chi connectivity index (χ2n) is 4.27. The lowest BCUT2D eigenvalue weighted by atomic mass is 10.2. The molecule has 7 heteroatoms. The van der Waals surface area contributed by atoms with Gasteiger partial charge in [-0.05, 0) is 18.2 Å². The Morgan fingerprint density at radius 1 is 1.19 bits per heavy atom. The first-order valence-electron chi connectivity index (χ1n) is 5.79. The van der Waals surface area contributed by atoms with Crippen molar-refractivity contribution in [1.29, 1.82) is 0 Å². The average Bonchev–Trinajstić information content (AvgIpc) is 2.38. The molecule has 110 valence electrons. The second kappa shape index (κ2) is 5.75. The number of halogens is 1. The molecule has 0 bridgehead atoms. The number of sulfone groups is 1. The SMILES string of the molecule is CS(=O)(=O)c1cc(C(=O)O)c(Cl)cc1Oc1ccccc1. The molecule has 2 rings (SSSR count). The van der Waals surface area contributed by atoms with Crippen LogP contribution in [0.4, 0.5) is 0 Å². The molecule has 5 nitrogen and oxygen atoms in total. The average molecular weight is 327 g/mol. The second-order valence-corrected chi connectivity index (χ2v) is 6.66. The largest absolute Gasteiger partial charge is 0.478 e. The molecule has 2 aromatic rings. The van der Waals surface area contributed by atoms with E-state index in [9.17, 15) is 13.2 Å². The molecule has 0 radical (unpaired) electrons. The topological polar surface area (TPSA) is 80.7 Å². The molecule has 0 aromatic heterocycles. The van der Waals surface area contributed by atoms with Gasteiger partial charge in [0, 0.05) is 12.3 Å². The fourth-order valence-corrected chi connectivity index (χ4v) is 2.72. The van der Waals surface area contributed by atoms with E-state index in [-0.39, 0.29) is 21.2 Å². The monoisotopic (exact) mass is 326 g/mol. The molecule has 0 atom stereocenters. The van der Waals surface area contributed by atoms with Gasteiger partial charge in [-0.3, -0.25) is 0 Å². The summed E-state index contributed by atoms with van der Waals surface area (Å²) in [4.78, 5) is 10.8. The Morgan fingerprint density at radius 2 is 1.81 bits per heavy atom. The van der Waals surface area contributed by atoms with Crippen LogP contribution in [0.3, 0.4) is 0 Å². The Morgan fingerprint density at radius 3 is 2.33 bits per heavy atom. The number of hydrogen-bond donors (Lipinski definition) is 1. The van der Waals surface area contributed by atoms with Crippen molar-refractivity contribution >= 4 is 27.4 Å². The van der Waals surface area contributed by atoms with Crippen LogP contribution in [0.5, 0.6) is 11.5 Å². The lowest BCUT2D eigenvalue weighted by Gasteiger charge is -2.12. The number of carboxylic acids is 1. The maximum absolute atomic E-state index is 11.8. The van der Waals surface area contributed by atoms with Crippen LogP contribution < -0.4 is 4.74 Å². The fraction of sp³-hybridized carbons (Fsp3) is 0.0714. The lowest BCUT2D eigenvalue weighted by molar-refractivity contribution is 0.0697. The van der Waals surface area contributed by atoms with Gasteiger partial charge in [-0.25, -0.2) is 13.2 Å². The van der Waals surface area contributed by atoms with Crippen molar-refractivity contribution in [2.45, 2.75) is 4.90 Å². The Kier molecular flexibility index (Phi) is 4.20. The predicted molar refractivity (Wildman–Crippen MR) is 78.0 cm³/mol. The van der Waals surface area contributed by atoms with Crippen molar-refractivity contribution in [1.82, 2.24) is 0 Å². The summed E-state index contributed by atoms with van der Waals surface area (Å²) in [5.41, 5.74) is -0.294. The van der Waals surface area contributed by atoms with Crippen LogP contribution >= 0.6 is 11.6 Å². The highest BCUT2D eigenvalue weighted by Crippen LogP contribution is 2.33. The van der Waals surface area contributed by atoms with E-state index >= 15 is 0 Å². The smallest absolute Gasteiger partial charge is 0.337 e. The minimum atomic E-state index is -3.67. The van der Waals surface area contributed by atoms with Crippen molar-refractivity contribution < 1.29 is 23.1 Å². The van der Waals surface area contributed by atoms with Crippen molar-refractivity contribution in [3.05, 3.63) is 53.1 Å². The molecule has 2 aromatic carbocycles. The Bertz CT molecular complexity index is 785. The summed E-state index contributed by atoms with van der Waals surface area (Å²) in [5.74, 6) is -0.906. The van der Waals surface area contributed by atoms with Gasteiger partial charge in [-0.2, -0.15) is 0 Å². The molecule has 0 spiro atoms. The van der Waals surface area contributed by atoms with Crippen LogP contribution in [-0.4, -0.2) is 25.7 Å². The zero-order chi connectivity index (χ0) is 15.6. The number of rotatable bonds is 4. The molecule has 0 heterocycles. The standard InChI is InChI=1S/C14H11ClO5S/c1-21(18,19)13-7-10(14(16)17)11(15)8-12(13)20-9-5-3-2-4-6-9/h2-8H,1H3,(H,16,17). The van der Waals surface area contributed by atoms with Gasteiger partial charge >= 0.3 is 5.97 Å². The third-order valence-corrected chi connectivity index (χ3v) is 4.06. The Balaban J connectivity index is 2.59. The third-order valence-electron chi connectivity index (χ3n) is 2.63. The minimum absolute atomic E-state index is 0.0151. The first kappa shape index (κ1) is 15.3. The van der Waals surface area contributed by atoms with Crippen LogP contribution in [0.15, 0.2) is 47.4 Å². The highest BCUT2D eigenvalue weighted by atomic mass is 35.5. The van der Waals surface area contributed by atoms with Crippen molar-refractivity contribution in [3.8, 4) is 11.5 Å². The normalized spacial score (nSPS) is 11.1. The van der Waals surface area contributed by atoms with Gasteiger partial charge in [0.05, 0.1) is 10.6 Å². The Hall–Kier alpha value is -2.05. The summed E-state index contributed by atoms with van der Waals surface area (Å²) in [6, 6.07) is 10.7. The first-order valence-corrected chi connectivity index (χ1v) is 8.06. The van der Waals surface area contributed by atoms with E-state index in [1.54, 1.807) is 30.3 Å².